The van der Waals surface area contributed by atoms with Gasteiger partial charge < -0.3 is 15.2 Å². The number of nitrogens with zero attached hydrogens (tertiary/aromatic N) is 1. The van der Waals surface area contributed by atoms with Gasteiger partial charge in [-0.2, -0.15) is 5.26 Å². The van der Waals surface area contributed by atoms with Gasteiger partial charge in [0.2, 0.25) is 0 Å². The summed E-state index contributed by atoms with van der Waals surface area (Å²) in [7, 11) is 0. The van der Waals surface area contributed by atoms with E-state index in [4.69, 9.17) is 10.00 Å². The average Bonchev–Trinajstić information content (AvgIpc) is 2.36. The van der Waals surface area contributed by atoms with Crippen LogP contribution in [-0.4, -0.2) is 28.9 Å². The largest absolute Gasteiger partial charge is 0.444 e. The minimum atomic E-state index is -1.19. The quantitative estimate of drug-likeness (QED) is 0.777. The molecule has 0 heterocycles. The number of ether oxygens (including phenoxy) is 1. The maximum atomic E-state index is 11.8. The third-order valence-corrected chi connectivity index (χ3v) is 3.53. The summed E-state index contributed by atoms with van der Waals surface area (Å²) in [5.41, 5.74) is -0.586. The van der Waals surface area contributed by atoms with E-state index in [1.807, 2.05) is 6.07 Å². The van der Waals surface area contributed by atoms with Crippen molar-refractivity contribution in [2.75, 3.05) is 0 Å². The van der Waals surface area contributed by atoms with Crippen LogP contribution in [-0.2, 0) is 4.74 Å². The van der Waals surface area contributed by atoms with E-state index in [0.29, 0.717) is 12.3 Å². The lowest BCUT2D eigenvalue weighted by Crippen LogP contribution is -2.46. The highest BCUT2D eigenvalue weighted by Gasteiger charge is 2.27. The molecule has 1 rings (SSSR count). The van der Waals surface area contributed by atoms with Crippen LogP contribution in [0, 0.1) is 17.2 Å². The van der Waals surface area contributed by atoms with E-state index >= 15 is 0 Å². The van der Waals surface area contributed by atoms with Crippen LogP contribution in [0.5, 0.6) is 0 Å². The van der Waals surface area contributed by atoms with Crippen molar-refractivity contribution in [3.63, 3.8) is 0 Å². The van der Waals surface area contributed by atoms with Crippen molar-refractivity contribution in [1.82, 2.24) is 5.32 Å². The van der Waals surface area contributed by atoms with Crippen molar-refractivity contribution in [3.8, 4) is 6.07 Å². The predicted octanol–water partition coefficient (Wildman–Crippen LogP) is 2.73. The number of hydrogen-bond acceptors (Lipinski definition) is 4. The van der Waals surface area contributed by atoms with Crippen LogP contribution in [0.3, 0.4) is 0 Å². The number of carbonyl (C=O) groups excluding carboxylic acids is 1. The van der Waals surface area contributed by atoms with Crippen LogP contribution in [0.2, 0.25) is 0 Å². The van der Waals surface area contributed by atoms with E-state index in [-0.39, 0.29) is 0 Å². The molecule has 0 aromatic rings. The fourth-order valence-corrected chi connectivity index (χ4v) is 2.60. The Hall–Kier alpha value is -1.28. The Morgan fingerprint density at radius 1 is 1.40 bits per heavy atom. The molecular formula is C15H26N2O3. The van der Waals surface area contributed by atoms with E-state index in [1.54, 1.807) is 20.8 Å². The van der Waals surface area contributed by atoms with Gasteiger partial charge in [0, 0.05) is 0 Å². The van der Waals surface area contributed by atoms with Gasteiger partial charge in [0.15, 0.2) is 6.10 Å². The van der Waals surface area contributed by atoms with Gasteiger partial charge in [-0.15, -0.1) is 0 Å². The predicted molar refractivity (Wildman–Crippen MR) is 76.0 cm³/mol. The van der Waals surface area contributed by atoms with Crippen molar-refractivity contribution in [2.24, 2.45) is 5.92 Å². The molecule has 114 valence electrons. The fourth-order valence-electron chi connectivity index (χ4n) is 2.60. The second-order valence-corrected chi connectivity index (χ2v) is 6.57. The monoisotopic (exact) mass is 282 g/mol. The number of nitrogens with one attached hydrogen (secondary N) is 1. The van der Waals surface area contributed by atoms with E-state index in [2.05, 4.69) is 5.32 Å². The molecule has 1 aliphatic rings. The average molecular weight is 282 g/mol. The van der Waals surface area contributed by atoms with E-state index in [1.165, 1.54) is 19.3 Å². The lowest BCUT2D eigenvalue weighted by atomic mass is 9.84. The maximum absolute atomic E-state index is 11.8. The summed E-state index contributed by atoms with van der Waals surface area (Å²) in [6.45, 7) is 5.34. The zero-order chi connectivity index (χ0) is 15.2. The third kappa shape index (κ3) is 6.25. The fraction of sp³-hybridized carbons (Fsp3) is 0.867. The van der Waals surface area contributed by atoms with Gasteiger partial charge in [-0.25, -0.2) is 4.79 Å². The van der Waals surface area contributed by atoms with Gasteiger partial charge in [0.1, 0.15) is 5.60 Å². The van der Waals surface area contributed by atoms with Gasteiger partial charge in [-0.3, -0.25) is 0 Å². The molecule has 5 heteroatoms. The molecule has 0 saturated heterocycles. The Morgan fingerprint density at radius 2 is 2.00 bits per heavy atom. The number of carbonyl (C=O) groups is 1. The Morgan fingerprint density at radius 3 is 2.50 bits per heavy atom. The van der Waals surface area contributed by atoms with Crippen LogP contribution in [0.15, 0.2) is 0 Å². The molecule has 1 aliphatic carbocycles. The minimum Gasteiger partial charge on any atom is -0.444 e. The Labute approximate surface area is 121 Å². The number of amides is 1. The molecule has 20 heavy (non-hydrogen) atoms. The summed E-state index contributed by atoms with van der Waals surface area (Å²) in [5, 5.41) is 21.3. The van der Waals surface area contributed by atoms with E-state index < -0.39 is 23.8 Å². The first kappa shape index (κ1) is 16.8. The van der Waals surface area contributed by atoms with Crippen LogP contribution in [0.4, 0.5) is 4.79 Å². The topological polar surface area (TPSA) is 82.3 Å². The zero-order valence-corrected chi connectivity index (χ0v) is 12.7. The SMILES string of the molecule is CC(C)(C)OC(=O)N[C@@H](CC1CCCCC1)[C@@H](O)C#N. The molecule has 5 nitrogen and oxygen atoms in total. The number of hydrogen-bond donors (Lipinski definition) is 2. The summed E-state index contributed by atoms with van der Waals surface area (Å²) in [4.78, 5) is 11.8. The summed E-state index contributed by atoms with van der Waals surface area (Å²) in [6.07, 6.45) is 4.70. The Bertz CT molecular complexity index is 351. The third-order valence-electron chi connectivity index (χ3n) is 3.53. The van der Waals surface area contributed by atoms with Gasteiger partial charge in [0.05, 0.1) is 12.1 Å². The maximum Gasteiger partial charge on any atom is 0.407 e. The first-order valence-electron chi connectivity index (χ1n) is 7.39. The second-order valence-electron chi connectivity index (χ2n) is 6.57. The molecule has 0 unspecified atom stereocenters. The summed E-state index contributed by atoms with van der Waals surface area (Å²) in [6, 6.07) is 1.25. The molecule has 0 aromatic heterocycles. The molecule has 2 N–H and O–H groups in total. The van der Waals surface area contributed by atoms with Crippen LogP contribution >= 0.6 is 0 Å². The molecule has 0 aliphatic heterocycles. The molecule has 2 atom stereocenters. The van der Waals surface area contributed by atoms with Gasteiger partial charge in [0.25, 0.3) is 0 Å². The summed E-state index contributed by atoms with van der Waals surface area (Å²) in [5.74, 6) is 0.465. The summed E-state index contributed by atoms with van der Waals surface area (Å²) < 4.78 is 5.18. The smallest absolute Gasteiger partial charge is 0.407 e. The van der Waals surface area contributed by atoms with Gasteiger partial charge in [-0.05, 0) is 33.1 Å². The van der Waals surface area contributed by atoms with Crippen molar-refractivity contribution in [2.45, 2.75) is 77.0 Å². The summed E-state index contributed by atoms with van der Waals surface area (Å²) >= 11 is 0. The minimum absolute atomic E-state index is 0.465. The first-order valence-corrected chi connectivity index (χ1v) is 7.39. The molecule has 0 spiro atoms. The van der Waals surface area contributed by atoms with Crippen molar-refractivity contribution < 1.29 is 14.6 Å². The number of rotatable bonds is 4. The Balaban J connectivity index is 2.55. The molecule has 0 bridgehead atoms. The molecular weight excluding hydrogens is 256 g/mol. The number of alkyl carbamates (subject to hydrolysis) is 1. The number of aliphatic hydroxyl groups is 1. The van der Waals surface area contributed by atoms with Crippen LogP contribution in [0.25, 0.3) is 0 Å². The number of nitriles is 1. The van der Waals surface area contributed by atoms with E-state index in [9.17, 15) is 9.90 Å². The van der Waals surface area contributed by atoms with E-state index in [0.717, 1.165) is 12.8 Å². The highest BCUT2D eigenvalue weighted by atomic mass is 16.6. The molecule has 1 fully saturated rings. The highest BCUT2D eigenvalue weighted by molar-refractivity contribution is 5.68. The zero-order valence-electron chi connectivity index (χ0n) is 12.7. The molecule has 0 aromatic carbocycles. The second kappa shape index (κ2) is 7.49. The molecule has 1 amide bonds. The number of aliphatic hydroxyl groups excluding tert-OH is 1. The molecule has 0 radical (unpaired) electrons. The normalized spacial score (nSPS) is 19.8. The molecule has 1 saturated carbocycles. The lowest BCUT2D eigenvalue weighted by Gasteiger charge is -2.29. The first-order chi connectivity index (χ1) is 9.31. The van der Waals surface area contributed by atoms with Gasteiger partial charge >= 0.3 is 6.09 Å². The Kier molecular flexibility index (Phi) is 6.28. The van der Waals surface area contributed by atoms with Crippen molar-refractivity contribution in [3.05, 3.63) is 0 Å². The van der Waals surface area contributed by atoms with Gasteiger partial charge in [-0.1, -0.05) is 32.1 Å². The van der Waals surface area contributed by atoms with Crippen molar-refractivity contribution in [1.29, 1.82) is 5.26 Å². The van der Waals surface area contributed by atoms with Crippen LogP contribution in [0.1, 0.15) is 59.3 Å². The van der Waals surface area contributed by atoms with Crippen LogP contribution < -0.4 is 5.32 Å². The lowest BCUT2D eigenvalue weighted by molar-refractivity contribution is 0.0438. The highest BCUT2D eigenvalue weighted by Crippen LogP contribution is 2.28. The standard InChI is InChI=1S/C15H26N2O3/c1-15(2,3)20-14(19)17-12(13(18)10-16)9-11-7-5-4-6-8-11/h11-13,18H,4-9H2,1-3H3,(H,17,19)/t12-,13-/m0/s1. The van der Waals surface area contributed by atoms with Crippen molar-refractivity contribution >= 4 is 6.09 Å².